The summed E-state index contributed by atoms with van der Waals surface area (Å²) in [4.78, 5) is -0.360. The number of hydrogen-bond donors (Lipinski definition) is 2. The summed E-state index contributed by atoms with van der Waals surface area (Å²) in [5.74, 6) is -0.0588. The predicted octanol–water partition coefficient (Wildman–Crippen LogP) is 6.58. The maximum atomic E-state index is 12.4. The molecule has 1 aromatic rings. The summed E-state index contributed by atoms with van der Waals surface area (Å²) < 4.78 is 46.0. The lowest BCUT2D eigenvalue weighted by Gasteiger charge is -2.49. The van der Waals surface area contributed by atoms with Gasteiger partial charge >= 0.3 is 0 Å². The molecule has 0 aromatic heterocycles. The van der Waals surface area contributed by atoms with Crippen molar-refractivity contribution < 1.29 is 27.6 Å². The molecule has 1 aromatic carbocycles. The maximum Gasteiger partial charge on any atom is 0.298 e. The molecule has 1 rings (SSSR count). The van der Waals surface area contributed by atoms with E-state index in [2.05, 4.69) is 62.3 Å². The van der Waals surface area contributed by atoms with Crippen LogP contribution >= 0.6 is 0 Å². The molecule has 0 saturated carbocycles. The van der Waals surface area contributed by atoms with Crippen LogP contribution in [0.5, 0.6) is 17.2 Å². The average molecular weight is 473 g/mol. The third-order valence-corrected chi connectivity index (χ3v) is 7.05. The van der Waals surface area contributed by atoms with Crippen LogP contribution in [-0.2, 0) is 10.1 Å². The van der Waals surface area contributed by atoms with Crippen molar-refractivity contribution in [1.82, 2.24) is 0 Å². The smallest absolute Gasteiger partial charge is 0.298 e. The van der Waals surface area contributed by atoms with Gasteiger partial charge in [-0.2, -0.15) is 8.42 Å². The number of ether oxygens (including phenoxy) is 2. The van der Waals surface area contributed by atoms with E-state index in [0.29, 0.717) is 11.5 Å². The van der Waals surface area contributed by atoms with Crippen molar-refractivity contribution in [3.05, 3.63) is 11.1 Å². The van der Waals surface area contributed by atoms with Crippen molar-refractivity contribution in [2.24, 2.45) is 22.2 Å². The van der Waals surface area contributed by atoms with Crippen molar-refractivity contribution >= 4 is 10.1 Å². The van der Waals surface area contributed by atoms with Crippen molar-refractivity contribution in [2.45, 2.75) is 92.9 Å². The molecule has 0 heterocycles. The Morgan fingerprint density at radius 3 is 1.72 bits per heavy atom. The highest BCUT2D eigenvalue weighted by atomic mass is 32.2. The number of phenolic OH excluding ortho intramolecular Hbond substituents is 1. The van der Waals surface area contributed by atoms with Gasteiger partial charge in [0.1, 0.15) is 10.6 Å². The molecule has 32 heavy (non-hydrogen) atoms. The first-order chi connectivity index (χ1) is 14.2. The number of benzene rings is 1. The van der Waals surface area contributed by atoms with Gasteiger partial charge < -0.3 is 14.6 Å². The Kier molecular flexibility index (Phi) is 8.40. The number of phenols is 1. The largest absolute Gasteiger partial charge is 0.504 e. The third-order valence-electron chi connectivity index (χ3n) is 6.04. The van der Waals surface area contributed by atoms with E-state index >= 15 is 0 Å². The van der Waals surface area contributed by atoms with E-state index < -0.39 is 10.1 Å². The molecule has 0 aliphatic rings. The van der Waals surface area contributed by atoms with Gasteiger partial charge in [0, 0.05) is 17.0 Å². The van der Waals surface area contributed by atoms with Gasteiger partial charge in [0.2, 0.25) is 0 Å². The summed E-state index contributed by atoms with van der Waals surface area (Å²) in [5.41, 5.74) is -0.244. The summed E-state index contributed by atoms with van der Waals surface area (Å²) in [6.45, 7) is 20.8. The Balaban J connectivity index is 4.24. The van der Waals surface area contributed by atoms with Crippen LogP contribution in [0.25, 0.3) is 0 Å². The number of aromatic hydroxyl groups is 1. The molecule has 0 fully saturated rings. The SMILES string of the molecule is COc1c(C)c(S(=O)(=O)O)c(OC)c(C(C(C)(C)CC(C)C)C(C)(C)CC(C)(C)C)c1O. The van der Waals surface area contributed by atoms with Gasteiger partial charge in [-0.05, 0) is 41.9 Å². The summed E-state index contributed by atoms with van der Waals surface area (Å²) in [5, 5.41) is 11.4. The Hall–Kier alpha value is -1.47. The highest BCUT2D eigenvalue weighted by molar-refractivity contribution is 7.86. The average Bonchev–Trinajstić information content (AvgIpc) is 2.51. The van der Waals surface area contributed by atoms with Crippen molar-refractivity contribution in [3.8, 4) is 17.2 Å². The minimum absolute atomic E-state index is 0.0147. The fraction of sp³-hybridized carbons (Fsp3) is 0.760. The molecule has 2 N–H and O–H groups in total. The lowest BCUT2D eigenvalue weighted by molar-refractivity contribution is 0.0749. The van der Waals surface area contributed by atoms with E-state index in [1.54, 1.807) is 0 Å². The van der Waals surface area contributed by atoms with Gasteiger partial charge in [0.05, 0.1) is 14.2 Å². The van der Waals surface area contributed by atoms with Crippen molar-refractivity contribution in [1.29, 1.82) is 0 Å². The second kappa shape index (κ2) is 9.41. The van der Waals surface area contributed by atoms with Gasteiger partial charge in [-0.1, -0.05) is 62.3 Å². The first kappa shape index (κ1) is 28.6. The van der Waals surface area contributed by atoms with Crippen LogP contribution in [0.3, 0.4) is 0 Å². The minimum atomic E-state index is -4.65. The normalized spacial score (nSPS) is 14.6. The molecule has 0 spiro atoms. The molecule has 7 heteroatoms. The lowest BCUT2D eigenvalue weighted by Crippen LogP contribution is -2.38. The maximum absolute atomic E-state index is 12.4. The van der Waals surface area contributed by atoms with Crippen LogP contribution in [-0.4, -0.2) is 32.3 Å². The second-order valence-electron chi connectivity index (χ2n) is 12.0. The Bertz CT molecular complexity index is 921. The molecular formula is C25H44O6S. The predicted molar refractivity (Wildman–Crippen MR) is 130 cm³/mol. The zero-order valence-corrected chi connectivity index (χ0v) is 22.8. The minimum Gasteiger partial charge on any atom is -0.504 e. The molecule has 1 unspecified atom stereocenters. The first-order valence-corrected chi connectivity index (χ1v) is 12.6. The topological polar surface area (TPSA) is 93.1 Å². The molecule has 6 nitrogen and oxygen atoms in total. The van der Waals surface area contributed by atoms with Gasteiger partial charge in [-0.25, -0.2) is 0 Å². The van der Waals surface area contributed by atoms with Crippen LogP contribution in [0, 0.1) is 29.1 Å². The molecule has 0 aliphatic carbocycles. The van der Waals surface area contributed by atoms with Crippen molar-refractivity contribution in [3.63, 3.8) is 0 Å². The third kappa shape index (κ3) is 6.10. The zero-order valence-electron chi connectivity index (χ0n) is 22.0. The van der Waals surface area contributed by atoms with E-state index in [4.69, 9.17) is 9.47 Å². The van der Waals surface area contributed by atoms with Crippen LogP contribution in [0.2, 0.25) is 0 Å². The highest BCUT2D eigenvalue weighted by Gasteiger charge is 2.48. The number of hydrogen-bond acceptors (Lipinski definition) is 5. The van der Waals surface area contributed by atoms with Crippen LogP contribution in [0.1, 0.15) is 92.2 Å². The highest BCUT2D eigenvalue weighted by Crippen LogP contribution is 2.61. The summed E-state index contributed by atoms with van der Waals surface area (Å²) >= 11 is 0. The summed E-state index contributed by atoms with van der Waals surface area (Å²) in [7, 11) is -1.91. The molecule has 0 amide bonds. The fourth-order valence-electron chi connectivity index (χ4n) is 6.31. The quantitative estimate of drug-likeness (QED) is 0.394. The zero-order chi connectivity index (χ0) is 25.4. The van der Waals surface area contributed by atoms with Gasteiger partial charge in [0.15, 0.2) is 11.5 Å². The van der Waals surface area contributed by atoms with E-state index in [1.807, 2.05) is 0 Å². The Morgan fingerprint density at radius 2 is 1.38 bits per heavy atom. The number of rotatable bonds is 9. The molecule has 0 saturated heterocycles. The van der Waals surface area contributed by atoms with Gasteiger partial charge in [-0.15, -0.1) is 0 Å². The van der Waals surface area contributed by atoms with E-state index in [1.165, 1.54) is 21.1 Å². The van der Waals surface area contributed by atoms with Gasteiger partial charge in [-0.3, -0.25) is 4.55 Å². The number of methoxy groups -OCH3 is 2. The van der Waals surface area contributed by atoms with Crippen LogP contribution in [0.4, 0.5) is 0 Å². The molecule has 0 bridgehead atoms. The van der Waals surface area contributed by atoms with Crippen LogP contribution < -0.4 is 9.47 Å². The molecule has 186 valence electrons. The molecule has 0 radical (unpaired) electrons. The standard InChI is InChI=1S/C25H44O6S/c1-15(2)13-24(7,8)22(25(9,10)14-23(4,5)6)17-18(26)19(30-11)16(3)21(20(17)31-12)32(27,28)29/h15,22,26H,13-14H2,1-12H3,(H,27,28,29). The summed E-state index contributed by atoms with van der Waals surface area (Å²) in [6, 6.07) is 0. The Morgan fingerprint density at radius 1 is 0.906 bits per heavy atom. The second-order valence-corrected chi connectivity index (χ2v) is 13.4. The Labute approximate surface area is 195 Å². The van der Waals surface area contributed by atoms with E-state index in [-0.39, 0.29) is 49.9 Å². The summed E-state index contributed by atoms with van der Waals surface area (Å²) in [6.07, 6.45) is 1.65. The molecular weight excluding hydrogens is 428 g/mol. The monoisotopic (exact) mass is 472 g/mol. The fourth-order valence-corrected chi connectivity index (χ4v) is 7.22. The molecule has 1 atom stereocenters. The first-order valence-electron chi connectivity index (χ1n) is 11.2. The van der Waals surface area contributed by atoms with Crippen molar-refractivity contribution in [2.75, 3.05) is 14.2 Å². The van der Waals surface area contributed by atoms with E-state index in [9.17, 15) is 18.1 Å². The molecule has 0 aliphatic heterocycles. The van der Waals surface area contributed by atoms with Gasteiger partial charge in [0.25, 0.3) is 10.1 Å². The lowest BCUT2D eigenvalue weighted by atomic mass is 9.56. The van der Waals surface area contributed by atoms with E-state index in [0.717, 1.165) is 12.8 Å². The van der Waals surface area contributed by atoms with Crippen LogP contribution in [0.15, 0.2) is 4.90 Å².